The van der Waals surface area contributed by atoms with Gasteiger partial charge in [0.05, 0.1) is 5.56 Å². The normalized spacial score (nSPS) is 14.9. The van der Waals surface area contributed by atoms with Crippen LogP contribution in [-0.2, 0) is 0 Å². The molecule has 0 atom stereocenters. The Morgan fingerprint density at radius 2 is 2.17 bits per heavy atom. The zero-order valence-electron chi connectivity index (χ0n) is 11.2. The van der Waals surface area contributed by atoms with E-state index in [1.54, 1.807) is 12.1 Å². The molecule has 1 saturated carbocycles. The van der Waals surface area contributed by atoms with Gasteiger partial charge in [0.25, 0.3) is 0 Å². The molecule has 0 spiro atoms. The SMILES string of the molecule is Cc1cc(C(=O)O)cc(N(CC(C)C)C2CC2)n1. The minimum absolute atomic E-state index is 0.326. The summed E-state index contributed by atoms with van der Waals surface area (Å²) in [5, 5.41) is 9.11. The lowest BCUT2D eigenvalue weighted by atomic mass is 10.2. The van der Waals surface area contributed by atoms with Gasteiger partial charge in [-0.3, -0.25) is 0 Å². The fourth-order valence-electron chi connectivity index (χ4n) is 2.13. The van der Waals surface area contributed by atoms with Gasteiger partial charge < -0.3 is 10.0 Å². The number of rotatable bonds is 5. The van der Waals surface area contributed by atoms with E-state index in [4.69, 9.17) is 5.11 Å². The van der Waals surface area contributed by atoms with Crippen LogP contribution in [0.1, 0.15) is 42.7 Å². The number of carboxylic acid groups (broad SMARTS) is 1. The largest absolute Gasteiger partial charge is 0.478 e. The van der Waals surface area contributed by atoms with Crippen molar-refractivity contribution in [1.82, 2.24) is 4.98 Å². The maximum absolute atomic E-state index is 11.1. The predicted molar refractivity (Wildman–Crippen MR) is 71.1 cm³/mol. The fourth-order valence-corrected chi connectivity index (χ4v) is 2.13. The monoisotopic (exact) mass is 248 g/mol. The van der Waals surface area contributed by atoms with Crippen LogP contribution in [0.25, 0.3) is 0 Å². The zero-order valence-corrected chi connectivity index (χ0v) is 11.2. The van der Waals surface area contributed by atoms with Crippen LogP contribution in [0.3, 0.4) is 0 Å². The quantitative estimate of drug-likeness (QED) is 0.870. The summed E-state index contributed by atoms with van der Waals surface area (Å²) < 4.78 is 0. The van der Waals surface area contributed by atoms with Crippen LogP contribution < -0.4 is 4.90 Å². The molecule has 4 nitrogen and oxygen atoms in total. The van der Waals surface area contributed by atoms with Gasteiger partial charge in [0.15, 0.2) is 0 Å². The molecular formula is C14H20N2O2. The molecule has 2 rings (SSSR count). The first-order valence-electron chi connectivity index (χ1n) is 6.46. The van der Waals surface area contributed by atoms with Gasteiger partial charge in [-0.25, -0.2) is 9.78 Å². The van der Waals surface area contributed by atoms with Gasteiger partial charge in [0.1, 0.15) is 5.82 Å². The van der Waals surface area contributed by atoms with Crippen molar-refractivity contribution in [1.29, 1.82) is 0 Å². The lowest BCUT2D eigenvalue weighted by Crippen LogP contribution is -2.31. The fraction of sp³-hybridized carbons (Fsp3) is 0.571. The van der Waals surface area contributed by atoms with Crippen molar-refractivity contribution in [2.75, 3.05) is 11.4 Å². The highest BCUT2D eigenvalue weighted by atomic mass is 16.4. The topological polar surface area (TPSA) is 53.4 Å². The van der Waals surface area contributed by atoms with E-state index in [0.29, 0.717) is 17.5 Å². The van der Waals surface area contributed by atoms with E-state index < -0.39 is 5.97 Å². The molecule has 4 heteroatoms. The van der Waals surface area contributed by atoms with Gasteiger partial charge in [-0.2, -0.15) is 0 Å². The summed E-state index contributed by atoms with van der Waals surface area (Å²) in [5.41, 5.74) is 1.09. The maximum Gasteiger partial charge on any atom is 0.335 e. The molecule has 0 aliphatic heterocycles. The highest BCUT2D eigenvalue weighted by molar-refractivity contribution is 5.88. The summed E-state index contributed by atoms with van der Waals surface area (Å²) in [6.45, 7) is 7.11. The number of carbonyl (C=O) groups is 1. The van der Waals surface area contributed by atoms with E-state index >= 15 is 0 Å². The van der Waals surface area contributed by atoms with Crippen LogP contribution in [0.2, 0.25) is 0 Å². The Morgan fingerprint density at radius 3 is 2.67 bits per heavy atom. The number of aromatic nitrogens is 1. The minimum atomic E-state index is -0.887. The van der Waals surface area contributed by atoms with Crippen molar-refractivity contribution in [3.8, 4) is 0 Å². The van der Waals surface area contributed by atoms with Crippen LogP contribution in [0.15, 0.2) is 12.1 Å². The Kier molecular flexibility index (Phi) is 3.55. The van der Waals surface area contributed by atoms with Gasteiger partial charge >= 0.3 is 5.97 Å². The molecule has 1 aliphatic carbocycles. The van der Waals surface area contributed by atoms with Crippen LogP contribution in [-0.4, -0.2) is 28.6 Å². The number of nitrogens with zero attached hydrogens (tertiary/aromatic N) is 2. The third-order valence-corrected chi connectivity index (χ3v) is 3.03. The van der Waals surface area contributed by atoms with Gasteiger partial charge in [-0.15, -0.1) is 0 Å². The molecule has 0 bridgehead atoms. The molecule has 0 aromatic carbocycles. The summed E-state index contributed by atoms with van der Waals surface area (Å²) in [5.74, 6) is 0.465. The van der Waals surface area contributed by atoms with Crippen LogP contribution in [0, 0.1) is 12.8 Å². The first-order valence-corrected chi connectivity index (χ1v) is 6.46. The van der Waals surface area contributed by atoms with Crippen molar-refractivity contribution >= 4 is 11.8 Å². The number of anilines is 1. The lowest BCUT2D eigenvalue weighted by molar-refractivity contribution is 0.0696. The summed E-state index contributed by atoms with van der Waals surface area (Å²) >= 11 is 0. The molecule has 0 radical (unpaired) electrons. The van der Waals surface area contributed by atoms with Crippen LogP contribution in [0.4, 0.5) is 5.82 Å². The zero-order chi connectivity index (χ0) is 13.3. The molecule has 0 unspecified atom stereocenters. The first-order chi connectivity index (χ1) is 8.47. The number of hydrogen-bond donors (Lipinski definition) is 1. The second-order valence-electron chi connectivity index (χ2n) is 5.44. The third-order valence-electron chi connectivity index (χ3n) is 3.03. The standard InChI is InChI=1S/C14H20N2O2/c1-9(2)8-16(12-4-5-12)13-7-11(14(17)18)6-10(3)15-13/h6-7,9,12H,4-5,8H2,1-3H3,(H,17,18). The molecule has 0 amide bonds. The Labute approximate surface area is 108 Å². The number of aromatic carboxylic acids is 1. The van der Waals surface area contributed by atoms with Crippen molar-refractivity contribution < 1.29 is 9.90 Å². The Hall–Kier alpha value is -1.58. The summed E-state index contributed by atoms with van der Waals surface area (Å²) in [4.78, 5) is 17.8. The molecule has 1 aromatic rings. The van der Waals surface area contributed by atoms with Gasteiger partial charge in [-0.05, 0) is 37.8 Å². The lowest BCUT2D eigenvalue weighted by Gasteiger charge is -2.26. The first kappa shape index (κ1) is 12.9. The van der Waals surface area contributed by atoms with Gasteiger partial charge in [0.2, 0.25) is 0 Å². The van der Waals surface area contributed by atoms with E-state index in [-0.39, 0.29) is 0 Å². The van der Waals surface area contributed by atoms with Gasteiger partial charge in [-0.1, -0.05) is 13.8 Å². The number of aryl methyl sites for hydroxylation is 1. The van der Waals surface area contributed by atoms with E-state index in [9.17, 15) is 4.79 Å². The van der Waals surface area contributed by atoms with E-state index in [1.165, 1.54) is 12.8 Å². The molecule has 1 heterocycles. The Bertz CT molecular complexity index is 453. The van der Waals surface area contributed by atoms with Crippen molar-refractivity contribution in [2.24, 2.45) is 5.92 Å². The van der Waals surface area contributed by atoms with Crippen LogP contribution in [0.5, 0.6) is 0 Å². The number of hydrogen-bond acceptors (Lipinski definition) is 3. The molecule has 1 fully saturated rings. The molecule has 0 saturated heterocycles. The number of carboxylic acids is 1. The summed E-state index contributed by atoms with van der Waals surface area (Å²) in [7, 11) is 0. The molecular weight excluding hydrogens is 228 g/mol. The summed E-state index contributed by atoms with van der Waals surface area (Å²) in [6, 6.07) is 3.85. The minimum Gasteiger partial charge on any atom is -0.478 e. The van der Waals surface area contributed by atoms with Crippen molar-refractivity contribution in [3.63, 3.8) is 0 Å². The van der Waals surface area contributed by atoms with E-state index in [0.717, 1.165) is 18.1 Å². The van der Waals surface area contributed by atoms with E-state index in [1.807, 2.05) is 6.92 Å². The van der Waals surface area contributed by atoms with Crippen molar-refractivity contribution in [2.45, 2.75) is 39.7 Å². The summed E-state index contributed by atoms with van der Waals surface area (Å²) in [6.07, 6.45) is 2.37. The molecule has 1 aliphatic rings. The van der Waals surface area contributed by atoms with Gasteiger partial charge in [0, 0.05) is 18.3 Å². The predicted octanol–water partition coefficient (Wildman–Crippen LogP) is 2.71. The molecule has 18 heavy (non-hydrogen) atoms. The maximum atomic E-state index is 11.1. The third kappa shape index (κ3) is 3.00. The van der Waals surface area contributed by atoms with E-state index in [2.05, 4.69) is 23.7 Å². The smallest absolute Gasteiger partial charge is 0.335 e. The van der Waals surface area contributed by atoms with Crippen molar-refractivity contribution in [3.05, 3.63) is 23.4 Å². The average Bonchev–Trinajstić information content (AvgIpc) is 3.08. The highest BCUT2D eigenvalue weighted by Gasteiger charge is 2.30. The molecule has 98 valence electrons. The molecule has 1 aromatic heterocycles. The Balaban J connectivity index is 2.31. The highest BCUT2D eigenvalue weighted by Crippen LogP contribution is 2.31. The second kappa shape index (κ2) is 4.96. The molecule has 1 N–H and O–H groups in total. The Morgan fingerprint density at radius 1 is 1.50 bits per heavy atom. The number of pyridine rings is 1. The average molecular weight is 248 g/mol. The second-order valence-corrected chi connectivity index (χ2v) is 5.44. The van der Waals surface area contributed by atoms with Crippen LogP contribution >= 0.6 is 0 Å².